The first-order valence-electron chi connectivity index (χ1n) is 15.6. The van der Waals surface area contributed by atoms with Crippen molar-refractivity contribution in [2.75, 3.05) is 0 Å². The number of hydrogen-bond acceptors (Lipinski definition) is 0. The Morgan fingerprint density at radius 2 is 1.16 bits per heavy atom. The van der Waals surface area contributed by atoms with Crippen LogP contribution >= 0.6 is 0 Å². The molecule has 0 saturated carbocycles. The van der Waals surface area contributed by atoms with E-state index in [4.69, 9.17) is 0 Å². The van der Waals surface area contributed by atoms with Gasteiger partial charge in [-0.3, -0.25) is 6.08 Å². The average Bonchev–Trinajstić information content (AvgIpc) is 3.57. The van der Waals surface area contributed by atoms with Gasteiger partial charge in [0.15, 0.2) is 0 Å². The van der Waals surface area contributed by atoms with E-state index in [0.29, 0.717) is 5.92 Å². The van der Waals surface area contributed by atoms with E-state index in [1.165, 1.54) is 105 Å². The smallest absolute Gasteiger partial charge is 1.00 e. The zero-order valence-corrected chi connectivity index (χ0v) is 32.7. The van der Waals surface area contributed by atoms with Crippen LogP contribution in [0.4, 0.5) is 0 Å². The van der Waals surface area contributed by atoms with Crippen molar-refractivity contribution >= 4 is 35.9 Å². The Morgan fingerprint density at radius 3 is 1.49 bits per heavy atom. The molecule has 4 aromatic carbocycles. The molecule has 45 heavy (non-hydrogen) atoms. The summed E-state index contributed by atoms with van der Waals surface area (Å²) < 4.78 is 1.46. The van der Waals surface area contributed by atoms with Crippen molar-refractivity contribution in [1.82, 2.24) is 0 Å². The molecule has 0 aliphatic heterocycles. The maximum Gasteiger partial charge on any atom is -1.00 e. The fourth-order valence-corrected chi connectivity index (χ4v) is 7.43. The van der Waals surface area contributed by atoms with Gasteiger partial charge in [-0.1, -0.05) is 82.9 Å². The van der Waals surface area contributed by atoms with Gasteiger partial charge in [-0.15, -0.1) is 46.7 Å². The Morgan fingerprint density at radius 1 is 0.711 bits per heavy atom. The topological polar surface area (TPSA) is 0 Å². The molecule has 0 fully saturated rings. The van der Waals surface area contributed by atoms with Crippen LogP contribution in [-0.2, 0) is 35.1 Å². The number of rotatable bonds is 1. The predicted octanol–water partition coefficient (Wildman–Crippen LogP) is 5.52. The molecule has 3 aliphatic carbocycles. The Bertz CT molecular complexity index is 1780. The molecule has 0 spiro atoms. The maximum absolute atomic E-state index is 3.29. The summed E-state index contributed by atoms with van der Waals surface area (Å²) in [5, 5.41) is 5.57. The van der Waals surface area contributed by atoms with Gasteiger partial charge in [-0.25, -0.2) is 11.1 Å². The molecule has 0 bridgehead atoms. The minimum Gasteiger partial charge on any atom is -1.00 e. The molecule has 3 heteroatoms. The van der Waals surface area contributed by atoms with Crippen molar-refractivity contribution in [2.45, 2.75) is 87.0 Å². The summed E-state index contributed by atoms with van der Waals surface area (Å²) in [6.07, 6.45) is 10.3. The van der Waals surface area contributed by atoms with Crippen molar-refractivity contribution in [2.24, 2.45) is 5.92 Å². The first-order valence-corrected chi connectivity index (χ1v) is 16.8. The van der Waals surface area contributed by atoms with Gasteiger partial charge < -0.3 is 24.8 Å². The molecular formula is C42H46Cl2Zr-2. The van der Waals surface area contributed by atoms with Crippen LogP contribution < -0.4 is 24.8 Å². The van der Waals surface area contributed by atoms with Gasteiger partial charge in [0.1, 0.15) is 0 Å². The maximum atomic E-state index is 3.29. The fraction of sp³-hybridized carbons (Fsp3) is 0.333. The molecule has 3 aliphatic rings. The Hall–Kier alpha value is -2.18. The number of benzene rings is 3. The first kappa shape index (κ1) is 37.3. The number of allylic oxidation sites excluding steroid dienone is 8. The zero-order chi connectivity index (χ0) is 31.4. The van der Waals surface area contributed by atoms with E-state index in [1.807, 2.05) is 0 Å². The summed E-state index contributed by atoms with van der Waals surface area (Å²) in [6.45, 7) is 24.5. The number of fused-ring (bicyclic) bond motifs is 5. The molecule has 0 radical (unpaired) electrons. The summed E-state index contributed by atoms with van der Waals surface area (Å²) in [5.41, 5.74) is 14.3. The summed E-state index contributed by atoms with van der Waals surface area (Å²) in [7, 11) is 0. The van der Waals surface area contributed by atoms with Crippen LogP contribution in [-0.4, -0.2) is 3.21 Å². The third kappa shape index (κ3) is 7.53. The van der Waals surface area contributed by atoms with E-state index in [1.54, 1.807) is 0 Å². The SMILES string of the molecule is CC1=CC(C)(C)c2cc3[cH-]c4cc5c(cc4c3cc21)C(C)=CC5(C)C.CC1=[C-]C(C)C=C1C.C[C](=[Zr+2])c1ccc(C)cc1.[Cl-].[Cl-]. The second kappa shape index (κ2) is 13.9. The van der Waals surface area contributed by atoms with E-state index in [9.17, 15) is 0 Å². The van der Waals surface area contributed by atoms with Gasteiger partial charge >= 0.3 is 76.7 Å². The van der Waals surface area contributed by atoms with Crippen molar-refractivity contribution in [1.29, 1.82) is 0 Å². The molecule has 0 N–H and O–H groups in total. The molecule has 1 atom stereocenters. The van der Waals surface area contributed by atoms with Crippen molar-refractivity contribution in [3.8, 4) is 0 Å². The predicted molar refractivity (Wildman–Crippen MR) is 187 cm³/mol. The molecule has 0 saturated heterocycles. The quantitative estimate of drug-likeness (QED) is 0.228. The normalized spacial score (nSPS) is 18.1. The largest absolute Gasteiger partial charge is 1.00 e. The van der Waals surface area contributed by atoms with Crippen molar-refractivity contribution in [3.63, 3.8) is 0 Å². The minimum atomic E-state index is 0. The second-order valence-electron chi connectivity index (χ2n) is 14.1. The van der Waals surface area contributed by atoms with Crippen LogP contribution in [0.1, 0.15) is 103 Å². The van der Waals surface area contributed by atoms with Crippen LogP contribution in [0.15, 0.2) is 84.0 Å². The van der Waals surface area contributed by atoms with Gasteiger partial charge in [-0.05, 0) is 36.1 Å². The Labute approximate surface area is 299 Å². The molecule has 0 aromatic heterocycles. The van der Waals surface area contributed by atoms with E-state index in [-0.39, 0.29) is 35.6 Å². The molecule has 4 aromatic rings. The van der Waals surface area contributed by atoms with Gasteiger partial charge in [0.05, 0.1) is 0 Å². The molecule has 0 heterocycles. The molecular weight excluding hydrogens is 667 g/mol. The summed E-state index contributed by atoms with van der Waals surface area (Å²) >= 11 is 1.51. The summed E-state index contributed by atoms with van der Waals surface area (Å²) in [6, 6.07) is 20.8. The van der Waals surface area contributed by atoms with Gasteiger partial charge in [0.2, 0.25) is 0 Å². The van der Waals surface area contributed by atoms with Crippen LogP contribution in [0.3, 0.4) is 0 Å². The fourth-order valence-electron chi connectivity index (χ4n) is 7.02. The van der Waals surface area contributed by atoms with E-state index < -0.39 is 0 Å². The van der Waals surface area contributed by atoms with E-state index in [0.717, 1.165) is 0 Å². The van der Waals surface area contributed by atoms with Crippen LogP contribution in [0, 0.1) is 18.9 Å². The average molecular weight is 713 g/mol. The third-order valence-corrected chi connectivity index (χ3v) is 10.1. The monoisotopic (exact) mass is 710 g/mol. The molecule has 0 amide bonds. The van der Waals surface area contributed by atoms with E-state index >= 15 is 0 Å². The number of hydrogen-bond donors (Lipinski definition) is 0. The molecule has 1 unspecified atom stereocenters. The summed E-state index contributed by atoms with van der Waals surface area (Å²) in [5.74, 6) is 0.551. The minimum absolute atomic E-state index is 0. The second-order valence-corrected chi connectivity index (χ2v) is 16.0. The van der Waals surface area contributed by atoms with Crippen LogP contribution in [0.2, 0.25) is 0 Å². The van der Waals surface area contributed by atoms with Crippen molar-refractivity contribution in [3.05, 3.63) is 123 Å². The number of halogens is 2. The van der Waals surface area contributed by atoms with Crippen LogP contribution in [0.25, 0.3) is 32.7 Å². The Kier molecular flexibility index (Phi) is 11.5. The summed E-state index contributed by atoms with van der Waals surface area (Å²) in [4.78, 5) is 0. The first-order chi connectivity index (χ1) is 20.1. The molecule has 234 valence electrons. The Balaban J connectivity index is 0.000000229. The van der Waals surface area contributed by atoms with Gasteiger partial charge in [-0.2, -0.15) is 6.08 Å². The van der Waals surface area contributed by atoms with Gasteiger partial charge in [0, 0.05) is 10.8 Å². The van der Waals surface area contributed by atoms with E-state index in [2.05, 4.69) is 155 Å². The standard InChI is InChI=1S/C25H25.C9H10.C8H11.2ClH.Zr/c1-14-12-24(3,4)22-8-16-7-17-9-23-19(15(2)13-25(23,5)6)11-21(17)20(16)10-18(14)22;1-3-9-6-4-8(2)5-7-9;1-6-4-7(2)8(3)5-6;;;/h7-13H,1-6H3;4-7H,1-2H3;4,6H,1-3H3;2*1H;/q-1;;-1;;;+2/p-2. The van der Waals surface area contributed by atoms with Gasteiger partial charge in [0.25, 0.3) is 0 Å². The van der Waals surface area contributed by atoms with Crippen LogP contribution in [0.5, 0.6) is 0 Å². The molecule has 0 nitrogen and oxygen atoms in total. The zero-order valence-electron chi connectivity index (χ0n) is 28.8. The number of aryl methyl sites for hydroxylation is 1. The third-order valence-electron chi connectivity index (χ3n) is 9.39. The van der Waals surface area contributed by atoms with Crippen molar-refractivity contribution < 1.29 is 49.0 Å². The molecule has 7 rings (SSSR count).